The lowest BCUT2D eigenvalue weighted by atomic mass is 10.1. The van der Waals surface area contributed by atoms with Crippen LogP contribution in [0.4, 0.5) is 0 Å². The van der Waals surface area contributed by atoms with Crippen LogP contribution in [0, 0.1) is 6.92 Å². The van der Waals surface area contributed by atoms with Crippen LogP contribution in [0.25, 0.3) is 0 Å². The third-order valence-electron chi connectivity index (χ3n) is 3.36. The summed E-state index contributed by atoms with van der Waals surface area (Å²) >= 11 is 0. The van der Waals surface area contributed by atoms with E-state index in [1.807, 2.05) is 31.2 Å². The van der Waals surface area contributed by atoms with Crippen molar-refractivity contribution in [3.05, 3.63) is 65.2 Å². The van der Waals surface area contributed by atoms with Gasteiger partial charge in [0, 0.05) is 6.61 Å². The molecule has 2 aromatic rings. The number of aliphatic hydroxyl groups excluding tert-OH is 1. The van der Waals surface area contributed by atoms with Gasteiger partial charge in [0.2, 0.25) is 0 Å². The van der Waals surface area contributed by atoms with Gasteiger partial charge in [0.1, 0.15) is 0 Å². The van der Waals surface area contributed by atoms with Crippen molar-refractivity contribution in [3.63, 3.8) is 0 Å². The van der Waals surface area contributed by atoms with E-state index in [0.717, 1.165) is 16.7 Å². The summed E-state index contributed by atoms with van der Waals surface area (Å²) in [6.07, 6.45) is 1.14. The Bertz CT molecular complexity index is 688. The van der Waals surface area contributed by atoms with Gasteiger partial charge >= 0.3 is 0 Å². The molecule has 0 bridgehead atoms. The summed E-state index contributed by atoms with van der Waals surface area (Å²) in [5.74, 6) is 0. The molecule has 0 radical (unpaired) electrons. The molecule has 0 heterocycles. The van der Waals surface area contributed by atoms with Gasteiger partial charge in [-0.05, 0) is 43.0 Å². The molecule has 2 rings (SSSR count). The van der Waals surface area contributed by atoms with E-state index in [-0.39, 0.29) is 18.1 Å². The predicted molar refractivity (Wildman–Crippen MR) is 85.3 cm³/mol. The molecule has 118 valence electrons. The molecule has 0 aliphatic heterocycles. The Kier molecular flexibility index (Phi) is 5.71. The van der Waals surface area contributed by atoms with E-state index in [4.69, 9.17) is 9.29 Å². The van der Waals surface area contributed by atoms with Gasteiger partial charge in [-0.3, -0.25) is 4.18 Å². The fourth-order valence-electron chi connectivity index (χ4n) is 2.04. The fraction of sp³-hybridized carbons (Fsp3) is 0.294. The molecule has 5 heteroatoms. The van der Waals surface area contributed by atoms with E-state index in [9.17, 15) is 8.42 Å². The Labute approximate surface area is 131 Å². The van der Waals surface area contributed by atoms with Crippen LogP contribution in [0.3, 0.4) is 0 Å². The molecule has 0 aromatic heterocycles. The highest BCUT2D eigenvalue weighted by atomic mass is 32.2. The molecule has 0 aliphatic rings. The van der Waals surface area contributed by atoms with Crippen LogP contribution in [-0.2, 0) is 27.1 Å². The Morgan fingerprint density at radius 3 is 2.00 bits per heavy atom. The fourth-order valence-corrected chi connectivity index (χ4v) is 2.95. The van der Waals surface area contributed by atoms with Gasteiger partial charge in [-0.2, -0.15) is 8.42 Å². The topological polar surface area (TPSA) is 63.6 Å². The van der Waals surface area contributed by atoms with Gasteiger partial charge in [0.25, 0.3) is 10.1 Å². The summed E-state index contributed by atoms with van der Waals surface area (Å²) in [6, 6.07) is 14.3. The standard InChI is InChI=1S/C17H20O4S/c1-14-2-8-17(9-3-14)22(19,20)21-13-11-16-6-4-15(5-7-16)10-12-18/h2-9,18H,10-13H2,1H3. The Morgan fingerprint density at radius 1 is 0.909 bits per heavy atom. The predicted octanol–water partition coefficient (Wildman–Crippen LogP) is 2.48. The average Bonchev–Trinajstić information content (AvgIpc) is 2.50. The van der Waals surface area contributed by atoms with E-state index >= 15 is 0 Å². The van der Waals surface area contributed by atoms with Crippen LogP contribution < -0.4 is 0 Å². The Balaban J connectivity index is 1.91. The molecule has 0 spiro atoms. The molecular formula is C17H20O4S. The number of hydrogen-bond donors (Lipinski definition) is 1. The van der Waals surface area contributed by atoms with E-state index in [0.29, 0.717) is 12.8 Å². The van der Waals surface area contributed by atoms with Gasteiger partial charge in [-0.1, -0.05) is 42.0 Å². The Morgan fingerprint density at radius 2 is 1.45 bits per heavy atom. The highest BCUT2D eigenvalue weighted by Crippen LogP contribution is 2.14. The third kappa shape index (κ3) is 4.66. The lowest BCUT2D eigenvalue weighted by Gasteiger charge is -2.07. The van der Waals surface area contributed by atoms with Crippen molar-refractivity contribution in [3.8, 4) is 0 Å². The molecule has 0 unspecified atom stereocenters. The maximum Gasteiger partial charge on any atom is 0.296 e. The summed E-state index contributed by atoms with van der Waals surface area (Å²) in [7, 11) is -3.70. The van der Waals surface area contributed by atoms with Crippen molar-refractivity contribution >= 4 is 10.1 Å². The first kappa shape index (κ1) is 16.7. The van der Waals surface area contributed by atoms with E-state index in [1.54, 1.807) is 24.3 Å². The maximum atomic E-state index is 12.0. The first-order valence-corrected chi connectivity index (χ1v) is 8.57. The molecule has 22 heavy (non-hydrogen) atoms. The number of hydrogen-bond acceptors (Lipinski definition) is 4. The van der Waals surface area contributed by atoms with Crippen LogP contribution in [0.1, 0.15) is 16.7 Å². The highest BCUT2D eigenvalue weighted by Gasteiger charge is 2.14. The van der Waals surface area contributed by atoms with E-state index in [2.05, 4.69) is 0 Å². The number of aliphatic hydroxyl groups is 1. The molecule has 0 atom stereocenters. The SMILES string of the molecule is Cc1ccc(S(=O)(=O)OCCc2ccc(CCO)cc2)cc1. The molecule has 0 saturated heterocycles. The number of rotatable bonds is 7. The van der Waals surface area contributed by atoms with Crippen LogP contribution in [0.2, 0.25) is 0 Å². The molecule has 1 N–H and O–H groups in total. The van der Waals surface area contributed by atoms with Crippen LogP contribution in [-0.4, -0.2) is 26.7 Å². The number of benzene rings is 2. The van der Waals surface area contributed by atoms with Crippen molar-refractivity contribution in [2.45, 2.75) is 24.7 Å². The molecular weight excluding hydrogens is 300 g/mol. The number of aryl methyl sites for hydroxylation is 1. The zero-order valence-corrected chi connectivity index (χ0v) is 13.3. The second-order valence-electron chi connectivity index (χ2n) is 5.13. The van der Waals surface area contributed by atoms with Gasteiger partial charge in [0.05, 0.1) is 11.5 Å². The second kappa shape index (κ2) is 7.54. The van der Waals surface area contributed by atoms with Crippen LogP contribution >= 0.6 is 0 Å². The Hall–Kier alpha value is -1.69. The molecule has 0 fully saturated rings. The summed E-state index contributed by atoms with van der Waals surface area (Å²) in [5.41, 5.74) is 3.06. The maximum absolute atomic E-state index is 12.0. The highest BCUT2D eigenvalue weighted by molar-refractivity contribution is 7.86. The van der Waals surface area contributed by atoms with Gasteiger partial charge in [0.15, 0.2) is 0 Å². The first-order chi connectivity index (χ1) is 10.5. The zero-order valence-electron chi connectivity index (χ0n) is 12.5. The minimum atomic E-state index is -3.70. The van der Waals surface area contributed by atoms with Crippen molar-refractivity contribution in [1.29, 1.82) is 0 Å². The van der Waals surface area contributed by atoms with Crippen molar-refractivity contribution in [2.24, 2.45) is 0 Å². The van der Waals surface area contributed by atoms with E-state index < -0.39 is 10.1 Å². The summed E-state index contributed by atoms with van der Waals surface area (Å²) in [5, 5.41) is 8.86. The molecule has 4 nitrogen and oxygen atoms in total. The van der Waals surface area contributed by atoms with Crippen LogP contribution in [0.5, 0.6) is 0 Å². The van der Waals surface area contributed by atoms with Gasteiger partial charge in [-0.15, -0.1) is 0 Å². The lowest BCUT2D eigenvalue weighted by molar-refractivity contribution is 0.299. The van der Waals surface area contributed by atoms with Gasteiger partial charge in [-0.25, -0.2) is 0 Å². The minimum Gasteiger partial charge on any atom is -0.396 e. The average molecular weight is 320 g/mol. The second-order valence-corrected chi connectivity index (χ2v) is 6.74. The monoisotopic (exact) mass is 320 g/mol. The van der Waals surface area contributed by atoms with Crippen molar-refractivity contribution in [2.75, 3.05) is 13.2 Å². The normalized spacial score (nSPS) is 11.5. The lowest BCUT2D eigenvalue weighted by Crippen LogP contribution is -2.09. The minimum absolute atomic E-state index is 0.107. The molecule has 0 aliphatic carbocycles. The zero-order chi connectivity index (χ0) is 16.0. The van der Waals surface area contributed by atoms with Crippen LogP contribution in [0.15, 0.2) is 53.4 Å². The first-order valence-electron chi connectivity index (χ1n) is 7.16. The summed E-state index contributed by atoms with van der Waals surface area (Å²) in [6.45, 7) is 2.13. The summed E-state index contributed by atoms with van der Waals surface area (Å²) < 4.78 is 29.1. The third-order valence-corrected chi connectivity index (χ3v) is 4.69. The van der Waals surface area contributed by atoms with Gasteiger partial charge < -0.3 is 5.11 Å². The van der Waals surface area contributed by atoms with Crippen molar-refractivity contribution in [1.82, 2.24) is 0 Å². The molecule has 0 saturated carbocycles. The molecule has 2 aromatic carbocycles. The smallest absolute Gasteiger partial charge is 0.296 e. The van der Waals surface area contributed by atoms with E-state index in [1.165, 1.54) is 0 Å². The van der Waals surface area contributed by atoms with Crippen molar-refractivity contribution < 1.29 is 17.7 Å². The quantitative estimate of drug-likeness (QED) is 0.796. The largest absolute Gasteiger partial charge is 0.396 e. The summed E-state index contributed by atoms with van der Waals surface area (Å²) in [4.78, 5) is 0.177. The molecule has 0 amide bonds.